The van der Waals surface area contributed by atoms with Crippen molar-refractivity contribution in [1.82, 2.24) is 0 Å². The maximum Gasteiger partial charge on any atom is 0.158 e. The Morgan fingerprint density at radius 2 is 2.44 bits per heavy atom. The molecule has 0 aromatic carbocycles. The third-order valence-corrected chi connectivity index (χ3v) is 1.43. The van der Waals surface area contributed by atoms with Crippen LogP contribution in [0.25, 0.3) is 0 Å². The predicted octanol–water partition coefficient (Wildman–Crippen LogP) is 0.337. The zero-order valence-electron chi connectivity index (χ0n) is 5.37. The molecule has 0 radical (unpaired) electrons. The van der Waals surface area contributed by atoms with Crippen LogP contribution in [0.4, 0.5) is 0 Å². The van der Waals surface area contributed by atoms with E-state index in [4.69, 9.17) is 9.47 Å². The Hall–Kier alpha value is -0.410. The van der Waals surface area contributed by atoms with E-state index in [1.807, 2.05) is 0 Å². The number of rotatable bonds is 2. The average molecular weight is 130 g/mol. The second-order valence-corrected chi connectivity index (χ2v) is 2.05. The van der Waals surface area contributed by atoms with Crippen molar-refractivity contribution in [3.05, 3.63) is 0 Å². The Morgan fingerprint density at radius 3 is 2.78 bits per heavy atom. The molecule has 0 N–H and O–H groups in total. The highest BCUT2D eigenvalue weighted by molar-refractivity contribution is 5.56. The highest BCUT2D eigenvalue weighted by atomic mass is 16.7. The molecule has 1 fully saturated rings. The molecule has 0 aromatic heterocycles. The standard InChI is InChI=1S/C6H10O3/c1-8-6-3-2-5(4-7)9-6/h4-6H,2-3H2,1H3. The van der Waals surface area contributed by atoms with Gasteiger partial charge in [0, 0.05) is 13.5 Å². The topological polar surface area (TPSA) is 35.5 Å². The minimum atomic E-state index is -0.227. The van der Waals surface area contributed by atoms with Gasteiger partial charge in [0.05, 0.1) is 0 Å². The molecule has 1 rings (SSSR count). The van der Waals surface area contributed by atoms with Gasteiger partial charge in [0.15, 0.2) is 6.29 Å². The molecule has 52 valence electrons. The van der Waals surface area contributed by atoms with Crippen molar-refractivity contribution in [1.29, 1.82) is 0 Å². The second-order valence-electron chi connectivity index (χ2n) is 2.05. The van der Waals surface area contributed by atoms with Crippen LogP contribution >= 0.6 is 0 Å². The van der Waals surface area contributed by atoms with E-state index in [0.717, 1.165) is 19.1 Å². The quantitative estimate of drug-likeness (QED) is 0.505. The van der Waals surface area contributed by atoms with Crippen molar-refractivity contribution >= 4 is 6.29 Å². The fourth-order valence-electron chi connectivity index (χ4n) is 0.905. The lowest BCUT2D eigenvalue weighted by Gasteiger charge is -2.05. The molecule has 0 bridgehead atoms. The zero-order chi connectivity index (χ0) is 6.69. The van der Waals surface area contributed by atoms with Gasteiger partial charge in [0.25, 0.3) is 0 Å². The summed E-state index contributed by atoms with van der Waals surface area (Å²) in [5, 5.41) is 0. The second kappa shape index (κ2) is 2.94. The molecule has 3 nitrogen and oxygen atoms in total. The molecule has 0 spiro atoms. The molecule has 0 saturated carbocycles. The van der Waals surface area contributed by atoms with Crippen molar-refractivity contribution in [3.8, 4) is 0 Å². The van der Waals surface area contributed by atoms with E-state index in [1.165, 1.54) is 0 Å². The SMILES string of the molecule is COC1CCC(C=O)O1. The Bertz CT molecular complexity index is 102. The minimum Gasteiger partial charge on any atom is -0.356 e. The number of ether oxygens (including phenoxy) is 2. The van der Waals surface area contributed by atoms with Crippen LogP contribution in [0.5, 0.6) is 0 Å². The van der Waals surface area contributed by atoms with Crippen LogP contribution in [0.2, 0.25) is 0 Å². The molecule has 0 amide bonds. The minimum absolute atomic E-state index is 0.153. The summed E-state index contributed by atoms with van der Waals surface area (Å²) in [5.41, 5.74) is 0. The van der Waals surface area contributed by atoms with Gasteiger partial charge < -0.3 is 14.3 Å². The lowest BCUT2D eigenvalue weighted by Crippen LogP contribution is -2.12. The molecule has 1 aliphatic heterocycles. The molecule has 1 aliphatic rings. The van der Waals surface area contributed by atoms with Crippen LogP contribution in [0.15, 0.2) is 0 Å². The lowest BCUT2D eigenvalue weighted by molar-refractivity contribution is -0.136. The van der Waals surface area contributed by atoms with Gasteiger partial charge in [-0.05, 0) is 6.42 Å². The van der Waals surface area contributed by atoms with E-state index in [1.54, 1.807) is 7.11 Å². The van der Waals surface area contributed by atoms with E-state index in [0.29, 0.717) is 0 Å². The molecule has 0 aliphatic carbocycles. The first kappa shape index (κ1) is 6.71. The Kier molecular flexibility index (Phi) is 2.19. The number of carbonyl (C=O) groups excluding carboxylic acids is 1. The van der Waals surface area contributed by atoms with Gasteiger partial charge >= 0.3 is 0 Å². The summed E-state index contributed by atoms with van der Waals surface area (Å²) in [7, 11) is 1.58. The molecule has 9 heavy (non-hydrogen) atoms. The molecular formula is C6H10O3. The van der Waals surface area contributed by atoms with Crippen molar-refractivity contribution < 1.29 is 14.3 Å². The molecule has 2 unspecified atom stereocenters. The largest absolute Gasteiger partial charge is 0.356 e. The van der Waals surface area contributed by atoms with Crippen LogP contribution in [0.3, 0.4) is 0 Å². The third-order valence-electron chi connectivity index (χ3n) is 1.43. The number of hydrogen-bond acceptors (Lipinski definition) is 3. The van der Waals surface area contributed by atoms with Gasteiger partial charge in [-0.2, -0.15) is 0 Å². The molecule has 1 heterocycles. The van der Waals surface area contributed by atoms with Gasteiger partial charge in [-0.25, -0.2) is 0 Å². The summed E-state index contributed by atoms with van der Waals surface area (Å²) < 4.78 is 9.93. The first-order valence-electron chi connectivity index (χ1n) is 3.00. The van der Waals surface area contributed by atoms with Crippen LogP contribution < -0.4 is 0 Å². The van der Waals surface area contributed by atoms with Crippen LogP contribution in [0.1, 0.15) is 12.8 Å². The molecule has 1 saturated heterocycles. The van der Waals surface area contributed by atoms with Crippen molar-refractivity contribution in [2.75, 3.05) is 7.11 Å². The van der Waals surface area contributed by atoms with Crippen LogP contribution in [-0.4, -0.2) is 25.8 Å². The predicted molar refractivity (Wildman–Crippen MR) is 31.0 cm³/mol. The molecule has 2 atom stereocenters. The maximum absolute atomic E-state index is 10.1. The van der Waals surface area contributed by atoms with Crippen molar-refractivity contribution in [2.24, 2.45) is 0 Å². The number of hydrogen-bond donors (Lipinski definition) is 0. The Balaban J connectivity index is 2.28. The summed E-state index contributed by atoms with van der Waals surface area (Å²) in [4.78, 5) is 10.1. The molecule has 0 aromatic rings. The van der Waals surface area contributed by atoms with Crippen molar-refractivity contribution in [2.45, 2.75) is 25.2 Å². The van der Waals surface area contributed by atoms with E-state index in [9.17, 15) is 4.79 Å². The highest BCUT2D eigenvalue weighted by Crippen LogP contribution is 2.17. The first-order valence-corrected chi connectivity index (χ1v) is 3.00. The molecule has 3 heteroatoms. The van der Waals surface area contributed by atoms with Gasteiger partial charge in [0.2, 0.25) is 0 Å². The third kappa shape index (κ3) is 1.50. The van der Waals surface area contributed by atoms with Crippen LogP contribution in [-0.2, 0) is 14.3 Å². The highest BCUT2D eigenvalue weighted by Gasteiger charge is 2.23. The fourth-order valence-corrected chi connectivity index (χ4v) is 0.905. The zero-order valence-corrected chi connectivity index (χ0v) is 5.37. The maximum atomic E-state index is 10.1. The van der Waals surface area contributed by atoms with Gasteiger partial charge in [-0.15, -0.1) is 0 Å². The summed E-state index contributed by atoms with van der Waals surface area (Å²) in [5.74, 6) is 0. The van der Waals surface area contributed by atoms with Gasteiger partial charge in [-0.1, -0.05) is 0 Å². The monoisotopic (exact) mass is 130 g/mol. The summed E-state index contributed by atoms with van der Waals surface area (Å²) in [6, 6.07) is 0. The number of carbonyl (C=O) groups is 1. The summed E-state index contributed by atoms with van der Waals surface area (Å²) >= 11 is 0. The molecular weight excluding hydrogens is 120 g/mol. The lowest BCUT2D eigenvalue weighted by atomic mass is 10.2. The van der Waals surface area contributed by atoms with Gasteiger partial charge in [0.1, 0.15) is 12.4 Å². The number of methoxy groups -OCH3 is 1. The first-order chi connectivity index (χ1) is 4.36. The Morgan fingerprint density at radius 1 is 1.67 bits per heavy atom. The normalized spacial score (nSPS) is 34.8. The van der Waals surface area contributed by atoms with E-state index < -0.39 is 0 Å². The van der Waals surface area contributed by atoms with Crippen molar-refractivity contribution in [3.63, 3.8) is 0 Å². The van der Waals surface area contributed by atoms with E-state index in [-0.39, 0.29) is 12.4 Å². The Labute approximate surface area is 53.9 Å². The summed E-state index contributed by atoms with van der Waals surface area (Å²) in [6.07, 6.45) is 2.07. The van der Waals surface area contributed by atoms with E-state index in [2.05, 4.69) is 0 Å². The summed E-state index contributed by atoms with van der Waals surface area (Å²) in [6.45, 7) is 0. The average Bonchev–Trinajstić information content (AvgIpc) is 2.34. The van der Waals surface area contributed by atoms with Crippen LogP contribution in [0, 0.1) is 0 Å². The smallest absolute Gasteiger partial charge is 0.158 e. The number of aldehydes is 1. The van der Waals surface area contributed by atoms with E-state index >= 15 is 0 Å². The fraction of sp³-hybridized carbons (Fsp3) is 0.833. The van der Waals surface area contributed by atoms with Gasteiger partial charge in [-0.3, -0.25) is 0 Å².